The molecular formula is C37H28BrNS. The van der Waals surface area contributed by atoms with E-state index in [2.05, 4.69) is 126 Å². The molecule has 1 atom stereocenters. The van der Waals surface area contributed by atoms with Gasteiger partial charge in [-0.3, -0.25) is 0 Å². The van der Waals surface area contributed by atoms with Crippen molar-refractivity contribution in [1.82, 2.24) is 0 Å². The number of hydrogen-bond donors (Lipinski definition) is 0. The Morgan fingerprint density at radius 3 is 2.67 bits per heavy atom. The van der Waals surface area contributed by atoms with Crippen LogP contribution in [0.4, 0.5) is 11.4 Å². The number of allylic oxidation sites excluding steroid dienone is 6. The van der Waals surface area contributed by atoms with Gasteiger partial charge in [0.2, 0.25) is 0 Å². The van der Waals surface area contributed by atoms with E-state index in [9.17, 15) is 0 Å². The molecule has 9 rings (SSSR count). The third kappa shape index (κ3) is 2.92. The van der Waals surface area contributed by atoms with Crippen LogP contribution in [0.5, 0.6) is 0 Å². The number of rotatable bonds is 1. The van der Waals surface area contributed by atoms with Crippen LogP contribution in [0.15, 0.2) is 101 Å². The largest absolute Gasteiger partial charge is 0.313 e. The first-order valence-corrected chi connectivity index (χ1v) is 15.9. The van der Waals surface area contributed by atoms with Gasteiger partial charge in [0.05, 0.1) is 5.69 Å². The Labute approximate surface area is 247 Å². The van der Waals surface area contributed by atoms with Crippen molar-refractivity contribution < 1.29 is 0 Å². The summed E-state index contributed by atoms with van der Waals surface area (Å²) in [7, 11) is 0. The lowest BCUT2D eigenvalue weighted by molar-refractivity contribution is 0.700. The minimum atomic E-state index is -0.00211. The smallest absolute Gasteiger partial charge is 0.0602 e. The molecule has 0 saturated carbocycles. The topological polar surface area (TPSA) is 3.24 Å². The molecule has 1 nitrogen and oxygen atoms in total. The molecule has 4 aliphatic rings. The fourth-order valence-corrected chi connectivity index (χ4v) is 10.0. The van der Waals surface area contributed by atoms with Gasteiger partial charge in [0.15, 0.2) is 0 Å². The van der Waals surface area contributed by atoms with Gasteiger partial charge in [0, 0.05) is 52.9 Å². The first-order valence-electron chi connectivity index (χ1n) is 14.3. The third-order valence-electron chi connectivity index (χ3n) is 9.71. The maximum atomic E-state index is 4.03. The second kappa shape index (κ2) is 8.09. The summed E-state index contributed by atoms with van der Waals surface area (Å²) in [6.45, 7) is 4.84. The molecule has 0 spiro atoms. The second-order valence-electron chi connectivity index (χ2n) is 12.1. The maximum absolute atomic E-state index is 4.03. The van der Waals surface area contributed by atoms with Crippen molar-refractivity contribution in [2.75, 3.05) is 4.90 Å². The van der Waals surface area contributed by atoms with Crippen LogP contribution in [0.1, 0.15) is 60.4 Å². The van der Waals surface area contributed by atoms with Gasteiger partial charge in [-0.15, -0.1) is 11.3 Å². The normalized spacial score (nSPS) is 19.9. The van der Waals surface area contributed by atoms with Gasteiger partial charge < -0.3 is 4.90 Å². The van der Waals surface area contributed by atoms with Gasteiger partial charge in [-0.25, -0.2) is 0 Å². The van der Waals surface area contributed by atoms with Crippen LogP contribution in [0.3, 0.4) is 0 Å². The maximum Gasteiger partial charge on any atom is 0.0602 e. The number of thiophene rings is 1. The summed E-state index contributed by atoms with van der Waals surface area (Å²) in [4.78, 5) is 2.60. The van der Waals surface area contributed by atoms with Crippen LogP contribution >= 0.6 is 27.3 Å². The zero-order valence-corrected chi connectivity index (χ0v) is 25.0. The highest BCUT2D eigenvalue weighted by atomic mass is 79.9. The van der Waals surface area contributed by atoms with E-state index in [1.807, 2.05) is 11.3 Å². The number of aryl methyl sites for hydroxylation is 1. The molecule has 0 N–H and O–H groups in total. The number of anilines is 2. The van der Waals surface area contributed by atoms with Crippen molar-refractivity contribution in [1.29, 1.82) is 0 Å². The fraction of sp³-hybridized carbons (Fsp3) is 0.189. The first kappa shape index (κ1) is 23.3. The molecule has 194 valence electrons. The Bertz CT molecular complexity index is 2030. The van der Waals surface area contributed by atoms with Crippen LogP contribution in [0, 0.1) is 0 Å². The lowest BCUT2D eigenvalue weighted by atomic mass is 9.75. The molecule has 0 radical (unpaired) electrons. The fourth-order valence-electron chi connectivity index (χ4n) is 8.05. The highest BCUT2D eigenvalue weighted by Gasteiger charge is 2.43. The van der Waals surface area contributed by atoms with Crippen molar-refractivity contribution in [3.63, 3.8) is 0 Å². The van der Waals surface area contributed by atoms with Crippen molar-refractivity contribution >= 4 is 70.0 Å². The van der Waals surface area contributed by atoms with E-state index in [0.29, 0.717) is 5.92 Å². The van der Waals surface area contributed by atoms with Gasteiger partial charge in [0.25, 0.3) is 0 Å². The quantitative estimate of drug-likeness (QED) is 0.186. The molecule has 4 aromatic carbocycles. The van der Waals surface area contributed by atoms with Crippen molar-refractivity contribution in [3.8, 4) is 0 Å². The monoisotopic (exact) mass is 597 g/mol. The summed E-state index contributed by atoms with van der Waals surface area (Å²) >= 11 is 5.94. The molecule has 0 fully saturated rings. The zero-order chi connectivity index (χ0) is 26.7. The third-order valence-corrected chi connectivity index (χ3v) is 11.5. The van der Waals surface area contributed by atoms with Crippen LogP contribution in [0.2, 0.25) is 0 Å². The summed E-state index contributed by atoms with van der Waals surface area (Å²) in [5.41, 5.74) is 14.4. The predicted molar refractivity (Wildman–Crippen MR) is 175 cm³/mol. The van der Waals surface area contributed by atoms with Gasteiger partial charge in [-0.05, 0) is 83.0 Å². The van der Waals surface area contributed by atoms with E-state index in [1.54, 1.807) is 5.57 Å². The van der Waals surface area contributed by atoms with E-state index in [-0.39, 0.29) is 5.41 Å². The summed E-state index contributed by atoms with van der Waals surface area (Å²) in [5, 5.41) is 2.75. The summed E-state index contributed by atoms with van der Waals surface area (Å²) in [6.07, 6.45) is 10.2. The number of hydrogen-bond acceptors (Lipinski definition) is 2. The Morgan fingerprint density at radius 2 is 1.75 bits per heavy atom. The van der Waals surface area contributed by atoms with Crippen LogP contribution in [-0.2, 0) is 11.8 Å². The van der Waals surface area contributed by atoms with E-state index < -0.39 is 0 Å². The van der Waals surface area contributed by atoms with E-state index >= 15 is 0 Å². The molecule has 1 aromatic heterocycles. The van der Waals surface area contributed by atoms with Gasteiger partial charge >= 0.3 is 0 Å². The molecule has 5 aromatic rings. The van der Waals surface area contributed by atoms with E-state index in [0.717, 1.165) is 19.3 Å². The zero-order valence-electron chi connectivity index (χ0n) is 22.6. The van der Waals surface area contributed by atoms with Crippen LogP contribution in [-0.4, -0.2) is 0 Å². The van der Waals surface area contributed by atoms with Crippen LogP contribution in [0.25, 0.3) is 31.3 Å². The van der Waals surface area contributed by atoms with Crippen molar-refractivity contribution in [2.45, 2.75) is 44.4 Å². The molecule has 1 aliphatic heterocycles. The van der Waals surface area contributed by atoms with Crippen LogP contribution < -0.4 is 4.90 Å². The van der Waals surface area contributed by atoms with E-state index in [1.165, 1.54) is 75.1 Å². The lowest BCUT2D eigenvalue weighted by Crippen LogP contribution is -2.19. The molecule has 0 saturated heterocycles. The highest BCUT2D eigenvalue weighted by Crippen LogP contribution is 2.60. The van der Waals surface area contributed by atoms with Crippen molar-refractivity contribution in [3.05, 3.63) is 129 Å². The summed E-state index contributed by atoms with van der Waals surface area (Å²) in [5.74, 6) is 0.360. The van der Waals surface area contributed by atoms with Crippen molar-refractivity contribution in [2.24, 2.45) is 0 Å². The minimum Gasteiger partial charge on any atom is -0.313 e. The predicted octanol–water partition coefficient (Wildman–Crippen LogP) is 11.0. The Hall–Kier alpha value is -3.40. The molecule has 1 unspecified atom stereocenters. The molecule has 2 heterocycles. The lowest BCUT2D eigenvalue weighted by Gasteiger charge is -2.29. The minimum absolute atomic E-state index is 0.00211. The molecule has 40 heavy (non-hydrogen) atoms. The Morgan fingerprint density at radius 1 is 0.900 bits per heavy atom. The van der Waals surface area contributed by atoms with Gasteiger partial charge in [-0.2, -0.15) is 0 Å². The average molecular weight is 599 g/mol. The number of halogens is 1. The standard InChI is InChI=1S/C37H28BrNS/c1-37(2)28-18-16-22(19-27(28)24-17-15-21-9-3-4-10-23(21)35(24)37)39-30-13-7-5-11-25(30)33-29(38)20-32-34(36(33)39)26-12-6-8-14-31(26)40-32/h3-10,12-14,16,18-20,25H,11,15,17H2,1-2H3. The molecule has 3 aliphatic carbocycles. The Balaban J connectivity index is 1.32. The summed E-state index contributed by atoms with van der Waals surface area (Å²) < 4.78 is 3.93. The number of fused-ring (bicyclic) bond motifs is 11. The van der Waals surface area contributed by atoms with E-state index in [4.69, 9.17) is 0 Å². The SMILES string of the molecule is CC1(C)C2=C(CCc3ccccc32)c2cc(N3C4=CC=CCC4c4c(Br)cc5sc6ccccc6c5c43)ccc21. The van der Waals surface area contributed by atoms with Gasteiger partial charge in [0.1, 0.15) is 0 Å². The number of nitrogens with zero attached hydrogens (tertiary/aromatic N) is 1. The molecular weight excluding hydrogens is 570 g/mol. The first-order chi connectivity index (χ1) is 19.5. The summed E-state index contributed by atoms with van der Waals surface area (Å²) in [6, 6.07) is 27.7. The second-order valence-corrected chi connectivity index (χ2v) is 14.0. The molecule has 0 amide bonds. The number of benzene rings is 4. The van der Waals surface area contributed by atoms with Gasteiger partial charge in [-0.1, -0.05) is 90.5 Å². The average Bonchev–Trinajstić information content (AvgIpc) is 3.59. The highest BCUT2D eigenvalue weighted by molar-refractivity contribution is 9.10. The molecule has 3 heteroatoms. The Kier molecular flexibility index (Phi) is 4.71. The molecule has 0 bridgehead atoms.